The summed E-state index contributed by atoms with van der Waals surface area (Å²) in [6.45, 7) is 4.05. The standard InChI is InChI=1S/C14H23N3O/c1-9(2)15-13-16-12(18)14(17-13)7-3-4-11(8-14)10-5-6-10/h9-11H,3-8H2,1-2H3,(H2,15,16,17,18). The minimum Gasteiger partial charge on any atom is -0.342 e. The van der Waals surface area contributed by atoms with E-state index in [9.17, 15) is 4.79 Å². The predicted molar refractivity (Wildman–Crippen MR) is 71.3 cm³/mol. The summed E-state index contributed by atoms with van der Waals surface area (Å²) in [6.07, 6.45) is 7.17. The molecule has 2 unspecified atom stereocenters. The van der Waals surface area contributed by atoms with Crippen LogP contribution in [0.1, 0.15) is 52.4 Å². The molecule has 1 amide bonds. The minimum absolute atomic E-state index is 0.146. The SMILES string of the molecule is CC(C)N=C1NC(=O)C2(CCCC(C3CC3)C2)N1. The van der Waals surface area contributed by atoms with Crippen molar-refractivity contribution >= 4 is 11.9 Å². The van der Waals surface area contributed by atoms with E-state index in [0.29, 0.717) is 5.96 Å². The lowest BCUT2D eigenvalue weighted by atomic mass is 9.74. The third-order valence-corrected chi connectivity index (χ3v) is 4.49. The Labute approximate surface area is 109 Å². The van der Waals surface area contributed by atoms with E-state index >= 15 is 0 Å². The quantitative estimate of drug-likeness (QED) is 0.784. The molecule has 100 valence electrons. The van der Waals surface area contributed by atoms with Crippen molar-refractivity contribution in [1.29, 1.82) is 0 Å². The molecule has 3 aliphatic rings. The van der Waals surface area contributed by atoms with Crippen LogP contribution in [-0.4, -0.2) is 23.4 Å². The monoisotopic (exact) mass is 249 g/mol. The summed E-state index contributed by atoms with van der Waals surface area (Å²) < 4.78 is 0. The first-order chi connectivity index (χ1) is 8.59. The summed E-state index contributed by atoms with van der Waals surface area (Å²) in [4.78, 5) is 16.7. The average molecular weight is 249 g/mol. The van der Waals surface area contributed by atoms with Crippen LogP contribution in [0.5, 0.6) is 0 Å². The number of nitrogens with zero attached hydrogens (tertiary/aromatic N) is 1. The molecule has 3 fully saturated rings. The van der Waals surface area contributed by atoms with Crippen molar-refractivity contribution in [3.8, 4) is 0 Å². The van der Waals surface area contributed by atoms with Crippen LogP contribution in [0, 0.1) is 11.8 Å². The summed E-state index contributed by atoms with van der Waals surface area (Å²) in [6, 6.07) is 0.214. The Bertz CT molecular complexity index is 387. The highest BCUT2D eigenvalue weighted by Crippen LogP contribution is 2.47. The van der Waals surface area contributed by atoms with Gasteiger partial charge in [-0.3, -0.25) is 15.1 Å². The number of carbonyl (C=O) groups is 1. The largest absolute Gasteiger partial charge is 0.342 e. The number of carbonyl (C=O) groups excluding carboxylic acids is 1. The van der Waals surface area contributed by atoms with Crippen molar-refractivity contribution < 1.29 is 4.79 Å². The number of amides is 1. The molecule has 1 spiro atoms. The van der Waals surface area contributed by atoms with E-state index in [2.05, 4.69) is 15.6 Å². The van der Waals surface area contributed by atoms with Gasteiger partial charge in [0.1, 0.15) is 5.54 Å². The first-order valence-electron chi connectivity index (χ1n) is 7.26. The van der Waals surface area contributed by atoms with E-state index in [4.69, 9.17) is 0 Å². The Morgan fingerprint density at radius 3 is 2.72 bits per heavy atom. The van der Waals surface area contributed by atoms with Crippen LogP contribution in [0.25, 0.3) is 0 Å². The fraction of sp³-hybridized carbons (Fsp3) is 0.857. The maximum absolute atomic E-state index is 12.3. The molecule has 0 aromatic carbocycles. The van der Waals surface area contributed by atoms with Crippen molar-refractivity contribution in [3.05, 3.63) is 0 Å². The van der Waals surface area contributed by atoms with Gasteiger partial charge in [0.25, 0.3) is 5.91 Å². The topological polar surface area (TPSA) is 53.5 Å². The molecule has 1 saturated heterocycles. The second kappa shape index (κ2) is 4.25. The van der Waals surface area contributed by atoms with Crippen molar-refractivity contribution in [2.45, 2.75) is 64.0 Å². The Hall–Kier alpha value is -1.06. The Balaban J connectivity index is 1.75. The number of hydrogen-bond donors (Lipinski definition) is 2. The molecule has 1 aliphatic heterocycles. The first kappa shape index (κ1) is 12.0. The maximum Gasteiger partial charge on any atom is 0.252 e. The van der Waals surface area contributed by atoms with Crippen molar-refractivity contribution in [2.75, 3.05) is 0 Å². The molecular weight excluding hydrogens is 226 g/mol. The first-order valence-corrected chi connectivity index (χ1v) is 7.26. The van der Waals surface area contributed by atoms with Gasteiger partial charge in [-0.15, -0.1) is 0 Å². The normalized spacial score (nSPS) is 38.3. The summed E-state index contributed by atoms with van der Waals surface area (Å²) >= 11 is 0. The van der Waals surface area contributed by atoms with E-state index in [1.165, 1.54) is 19.3 Å². The summed E-state index contributed by atoms with van der Waals surface area (Å²) in [7, 11) is 0. The van der Waals surface area contributed by atoms with Crippen LogP contribution in [0.2, 0.25) is 0 Å². The highest BCUT2D eigenvalue weighted by atomic mass is 16.2. The maximum atomic E-state index is 12.3. The van der Waals surface area contributed by atoms with Gasteiger partial charge in [0.15, 0.2) is 5.96 Å². The van der Waals surface area contributed by atoms with Crippen LogP contribution >= 0.6 is 0 Å². The third-order valence-electron chi connectivity index (χ3n) is 4.49. The fourth-order valence-electron chi connectivity index (χ4n) is 3.47. The third kappa shape index (κ3) is 2.13. The van der Waals surface area contributed by atoms with Crippen LogP contribution in [0.4, 0.5) is 0 Å². The van der Waals surface area contributed by atoms with E-state index in [1.807, 2.05) is 13.8 Å². The summed E-state index contributed by atoms with van der Waals surface area (Å²) in [5.74, 6) is 2.47. The van der Waals surface area contributed by atoms with Gasteiger partial charge in [0.2, 0.25) is 0 Å². The number of hydrogen-bond acceptors (Lipinski definition) is 2. The zero-order chi connectivity index (χ0) is 12.8. The lowest BCUT2D eigenvalue weighted by Crippen LogP contribution is -2.50. The van der Waals surface area contributed by atoms with Gasteiger partial charge in [-0.2, -0.15) is 0 Å². The van der Waals surface area contributed by atoms with Crippen LogP contribution in [-0.2, 0) is 4.79 Å². The van der Waals surface area contributed by atoms with Crippen LogP contribution < -0.4 is 10.6 Å². The minimum atomic E-state index is -0.348. The molecule has 0 bridgehead atoms. The Morgan fingerprint density at radius 2 is 2.06 bits per heavy atom. The molecule has 0 aromatic rings. The van der Waals surface area contributed by atoms with E-state index in [0.717, 1.165) is 31.1 Å². The van der Waals surface area contributed by atoms with Crippen LogP contribution in [0.15, 0.2) is 4.99 Å². The van der Waals surface area contributed by atoms with Gasteiger partial charge in [0.05, 0.1) is 0 Å². The second-order valence-electron chi connectivity index (χ2n) is 6.43. The molecule has 0 radical (unpaired) electrons. The summed E-state index contributed by atoms with van der Waals surface area (Å²) in [5.41, 5.74) is -0.348. The zero-order valence-electron chi connectivity index (χ0n) is 11.3. The highest BCUT2D eigenvalue weighted by Gasteiger charge is 2.50. The molecule has 4 heteroatoms. The molecule has 18 heavy (non-hydrogen) atoms. The number of nitrogens with one attached hydrogen (secondary N) is 2. The molecule has 2 N–H and O–H groups in total. The van der Waals surface area contributed by atoms with Gasteiger partial charge >= 0.3 is 0 Å². The molecule has 1 heterocycles. The van der Waals surface area contributed by atoms with Crippen LogP contribution in [0.3, 0.4) is 0 Å². The molecule has 2 aliphatic carbocycles. The molecular formula is C14H23N3O. The average Bonchev–Trinajstić information content (AvgIpc) is 3.08. The molecule has 3 rings (SSSR count). The van der Waals surface area contributed by atoms with Gasteiger partial charge < -0.3 is 5.32 Å². The Morgan fingerprint density at radius 1 is 1.28 bits per heavy atom. The molecule has 4 nitrogen and oxygen atoms in total. The van der Waals surface area contributed by atoms with E-state index < -0.39 is 0 Å². The van der Waals surface area contributed by atoms with Crippen molar-refractivity contribution in [2.24, 2.45) is 16.8 Å². The van der Waals surface area contributed by atoms with Gasteiger partial charge in [-0.1, -0.05) is 6.42 Å². The van der Waals surface area contributed by atoms with Gasteiger partial charge in [-0.05, 0) is 57.8 Å². The highest BCUT2D eigenvalue weighted by molar-refractivity contribution is 6.09. The van der Waals surface area contributed by atoms with E-state index in [-0.39, 0.29) is 17.5 Å². The fourth-order valence-corrected chi connectivity index (χ4v) is 3.47. The number of aliphatic imine (C=N–C) groups is 1. The van der Waals surface area contributed by atoms with E-state index in [1.54, 1.807) is 0 Å². The smallest absolute Gasteiger partial charge is 0.252 e. The lowest BCUT2D eigenvalue weighted by molar-refractivity contribution is -0.125. The zero-order valence-corrected chi connectivity index (χ0v) is 11.3. The molecule has 2 saturated carbocycles. The van der Waals surface area contributed by atoms with Gasteiger partial charge in [0, 0.05) is 6.04 Å². The van der Waals surface area contributed by atoms with Gasteiger partial charge in [-0.25, -0.2) is 0 Å². The Kier molecular flexibility index (Phi) is 2.83. The van der Waals surface area contributed by atoms with Crippen molar-refractivity contribution in [1.82, 2.24) is 10.6 Å². The second-order valence-corrected chi connectivity index (χ2v) is 6.43. The lowest BCUT2D eigenvalue weighted by Gasteiger charge is -2.36. The predicted octanol–water partition coefficient (Wildman–Crippen LogP) is 1.81. The number of rotatable bonds is 2. The number of guanidine groups is 1. The molecule has 2 atom stereocenters. The van der Waals surface area contributed by atoms with Crippen molar-refractivity contribution in [3.63, 3.8) is 0 Å². The molecule has 0 aromatic heterocycles. The summed E-state index contributed by atoms with van der Waals surface area (Å²) in [5, 5.41) is 6.31.